The number of ether oxygens (including phenoxy) is 2. The number of carbonyl (C=O) groups is 1. The number of halogens is 1. The van der Waals surface area contributed by atoms with Crippen molar-refractivity contribution in [1.82, 2.24) is 5.32 Å². The number of hydrogen-bond acceptors (Lipinski definition) is 4. The van der Waals surface area contributed by atoms with E-state index in [1.165, 1.54) is 12.8 Å². The van der Waals surface area contributed by atoms with Crippen LogP contribution in [0, 0.1) is 5.92 Å². The Balaban J connectivity index is 1.76. The molecule has 0 aromatic heterocycles. The quantitative estimate of drug-likeness (QED) is 0.687. The summed E-state index contributed by atoms with van der Waals surface area (Å²) in [5.41, 5.74) is 0.664. The van der Waals surface area contributed by atoms with Gasteiger partial charge in [-0.2, -0.15) is 0 Å². The highest BCUT2D eigenvalue weighted by molar-refractivity contribution is 6.32. The molecule has 0 spiro atoms. The molecule has 1 aliphatic rings. The molecule has 0 bridgehead atoms. The summed E-state index contributed by atoms with van der Waals surface area (Å²) in [5, 5.41) is 6.42. The first kappa shape index (κ1) is 16.1. The lowest BCUT2D eigenvalue weighted by atomic mass is 10.3. The second-order valence-electron chi connectivity index (χ2n) is 5.11. The summed E-state index contributed by atoms with van der Waals surface area (Å²) in [5.74, 6) is 1.27. The number of amides is 1. The Morgan fingerprint density at radius 3 is 2.86 bits per heavy atom. The smallest absolute Gasteiger partial charge is 0.238 e. The van der Waals surface area contributed by atoms with E-state index in [0.29, 0.717) is 36.2 Å². The summed E-state index contributed by atoms with van der Waals surface area (Å²) >= 11 is 6.11. The molecular weight excluding hydrogens is 292 g/mol. The molecule has 1 aliphatic carbocycles. The first-order chi connectivity index (χ1) is 10.2. The zero-order valence-electron chi connectivity index (χ0n) is 12.2. The van der Waals surface area contributed by atoms with Gasteiger partial charge in [0, 0.05) is 12.8 Å². The van der Waals surface area contributed by atoms with Crippen LogP contribution in [0.1, 0.15) is 12.8 Å². The molecule has 2 rings (SSSR count). The molecule has 1 aromatic carbocycles. The van der Waals surface area contributed by atoms with Gasteiger partial charge in [-0.15, -0.1) is 0 Å². The van der Waals surface area contributed by atoms with Crippen molar-refractivity contribution in [2.24, 2.45) is 5.92 Å². The average molecular weight is 313 g/mol. The Hall–Kier alpha value is -1.30. The number of carbonyl (C=O) groups excluding carboxylic acids is 1. The molecule has 116 valence electrons. The topological polar surface area (TPSA) is 59.6 Å². The average Bonchev–Trinajstić information content (AvgIpc) is 3.25. The van der Waals surface area contributed by atoms with Crippen LogP contribution in [-0.4, -0.2) is 39.3 Å². The van der Waals surface area contributed by atoms with E-state index < -0.39 is 0 Å². The summed E-state index contributed by atoms with van der Waals surface area (Å²) in [6.07, 6.45) is 2.55. The van der Waals surface area contributed by atoms with Crippen LogP contribution in [0.2, 0.25) is 5.02 Å². The first-order valence-corrected chi connectivity index (χ1v) is 7.48. The predicted octanol–water partition coefficient (Wildman–Crippen LogP) is 2.30. The van der Waals surface area contributed by atoms with E-state index >= 15 is 0 Å². The van der Waals surface area contributed by atoms with Crippen molar-refractivity contribution in [3.05, 3.63) is 23.2 Å². The van der Waals surface area contributed by atoms with Crippen molar-refractivity contribution in [3.63, 3.8) is 0 Å². The second kappa shape index (κ2) is 8.22. The Kier molecular flexibility index (Phi) is 6.29. The van der Waals surface area contributed by atoms with E-state index in [0.717, 1.165) is 12.5 Å². The van der Waals surface area contributed by atoms with E-state index in [1.54, 1.807) is 25.3 Å². The van der Waals surface area contributed by atoms with Gasteiger partial charge in [-0.25, -0.2) is 0 Å². The molecule has 0 unspecified atom stereocenters. The fourth-order valence-electron chi connectivity index (χ4n) is 1.85. The lowest BCUT2D eigenvalue weighted by Gasteiger charge is -2.10. The highest BCUT2D eigenvalue weighted by Crippen LogP contribution is 2.28. The molecule has 2 N–H and O–H groups in total. The summed E-state index contributed by atoms with van der Waals surface area (Å²) in [6.45, 7) is 2.18. The molecule has 0 atom stereocenters. The highest BCUT2D eigenvalue weighted by atomic mass is 35.5. The van der Waals surface area contributed by atoms with E-state index in [4.69, 9.17) is 21.1 Å². The molecule has 1 fully saturated rings. The molecular formula is C15H21ClN2O3. The Bertz CT molecular complexity index is 478. The number of hydrogen-bond donors (Lipinski definition) is 2. The van der Waals surface area contributed by atoms with Crippen LogP contribution < -0.4 is 15.4 Å². The largest absolute Gasteiger partial charge is 0.490 e. The molecule has 0 radical (unpaired) electrons. The molecule has 5 nitrogen and oxygen atoms in total. The van der Waals surface area contributed by atoms with Crippen molar-refractivity contribution in [2.75, 3.05) is 38.7 Å². The molecule has 0 aliphatic heterocycles. The zero-order chi connectivity index (χ0) is 15.1. The molecule has 0 heterocycles. The van der Waals surface area contributed by atoms with Gasteiger partial charge in [-0.05, 0) is 43.5 Å². The minimum absolute atomic E-state index is 0.0697. The number of methoxy groups -OCH3 is 1. The van der Waals surface area contributed by atoms with E-state index in [1.807, 2.05) is 0 Å². The van der Waals surface area contributed by atoms with Crippen LogP contribution in [0.3, 0.4) is 0 Å². The normalized spacial score (nSPS) is 14.0. The molecule has 1 aromatic rings. The molecule has 6 heteroatoms. The van der Waals surface area contributed by atoms with Gasteiger partial charge in [0.15, 0.2) is 0 Å². The van der Waals surface area contributed by atoms with Gasteiger partial charge in [0.25, 0.3) is 0 Å². The van der Waals surface area contributed by atoms with Crippen LogP contribution >= 0.6 is 11.6 Å². The molecule has 21 heavy (non-hydrogen) atoms. The van der Waals surface area contributed by atoms with Crippen LogP contribution in [0.4, 0.5) is 5.69 Å². The SMILES string of the molecule is COCCOc1ccc(NC(=O)CNCC2CC2)cc1Cl. The highest BCUT2D eigenvalue weighted by Gasteiger charge is 2.20. The predicted molar refractivity (Wildman–Crippen MR) is 83.0 cm³/mol. The summed E-state index contributed by atoms with van der Waals surface area (Å²) < 4.78 is 10.4. The lowest BCUT2D eigenvalue weighted by molar-refractivity contribution is -0.115. The third-order valence-electron chi connectivity index (χ3n) is 3.18. The van der Waals surface area contributed by atoms with Crippen LogP contribution in [0.15, 0.2) is 18.2 Å². The minimum atomic E-state index is -0.0697. The van der Waals surface area contributed by atoms with Gasteiger partial charge in [0.05, 0.1) is 18.2 Å². The fraction of sp³-hybridized carbons (Fsp3) is 0.533. The maximum atomic E-state index is 11.8. The molecule has 1 amide bonds. The summed E-state index contributed by atoms with van der Waals surface area (Å²) in [4.78, 5) is 11.8. The third-order valence-corrected chi connectivity index (χ3v) is 3.47. The second-order valence-corrected chi connectivity index (χ2v) is 5.52. The third kappa shape index (κ3) is 5.91. The van der Waals surface area contributed by atoms with Crippen molar-refractivity contribution in [3.8, 4) is 5.75 Å². The Morgan fingerprint density at radius 1 is 1.38 bits per heavy atom. The van der Waals surface area contributed by atoms with Gasteiger partial charge in [0.1, 0.15) is 12.4 Å². The van der Waals surface area contributed by atoms with Crippen molar-refractivity contribution < 1.29 is 14.3 Å². The fourth-order valence-corrected chi connectivity index (χ4v) is 2.08. The number of nitrogens with one attached hydrogen (secondary N) is 2. The van der Waals surface area contributed by atoms with Gasteiger partial charge in [-0.1, -0.05) is 11.6 Å². The minimum Gasteiger partial charge on any atom is -0.490 e. The summed E-state index contributed by atoms with van der Waals surface area (Å²) in [6, 6.07) is 5.19. The lowest BCUT2D eigenvalue weighted by Crippen LogP contribution is -2.29. The zero-order valence-corrected chi connectivity index (χ0v) is 12.9. The van der Waals surface area contributed by atoms with Gasteiger partial charge in [-0.3, -0.25) is 4.79 Å². The van der Waals surface area contributed by atoms with Crippen molar-refractivity contribution in [1.29, 1.82) is 0 Å². The van der Waals surface area contributed by atoms with Crippen molar-refractivity contribution in [2.45, 2.75) is 12.8 Å². The number of benzene rings is 1. The Morgan fingerprint density at radius 2 is 2.19 bits per heavy atom. The first-order valence-electron chi connectivity index (χ1n) is 7.11. The molecule has 0 saturated heterocycles. The van der Waals surface area contributed by atoms with Crippen LogP contribution in [0.5, 0.6) is 5.75 Å². The maximum Gasteiger partial charge on any atom is 0.238 e. The summed E-state index contributed by atoms with van der Waals surface area (Å²) in [7, 11) is 1.61. The van der Waals surface area contributed by atoms with Crippen LogP contribution in [-0.2, 0) is 9.53 Å². The van der Waals surface area contributed by atoms with E-state index in [-0.39, 0.29) is 5.91 Å². The maximum absolute atomic E-state index is 11.8. The van der Waals surface area contributed by atoms with E-state index in [9.17, 15) is 4.79 Å². The van der Waals surface area contributed by atoms with Crippen LogP contribution in [0.25, 0.3) is 0 Å². The number of rotatable bonds is 9. The number of anilines is 1. The van der Waals surface area contributed by atoms with Crippen molar-refractivity contribution >= 4 is 23.2 Å². The van der Waals surface area contributed by atoms with Gasteiger partial charge < -0.3 is 20.1 Å². The molecule has 1 saturated carbocycles. The van der Waals surface area contributed by atoms with E-state index in [2.05, 4.69) is 10.6 Å². The Labute approximate surface area is 130 Å². The van der Waals surface area contributed by atoms with Gasteiger partial charge in [0.2, 0.25) is 5.91 Å². The standard InChI is InChI=1S/C15H21ClN2O3/c1-20-6-7-21-14-5-4-12(8-13(14)16)18-15(19)10-17-9-11-2-3-11/h4-5,8,11,17H,2-3,6-7,9-10H2,1H3,(H,18,19). The van der Waals surface area contributed by atoms with Gasteiger partial charge >= 0.3 is 0 Å². The monoisotopic (exact) mass is 312 g/mol.